The van der Waals surface area contributed by atoms with Gasteiger partial charge in [0.15, 0.2) is 0 Å². The van der Waals surface area contributed by atoms with Gasteiger partial charge in [-0.3, -0.25) is 0 Å². The van der Waals surface area contributed by atoms with E-state index in [0.717, 1.165) is 29.1 Å². The molecule has 0 heterocycles. The van der Waals surface area contributed by atoms with Crippen LogP contribution in [0.1, 0.15) is 59.8 Å². The van der Waals surface area contributed by atoms with Crippen molar-refractivity contribution in [1.29, 1.82) is 0 Å². The predicted octanol–water partition coefficient (Wildman–Crippen LogP) is 4.49. The topological polar surface area (TPSA) is 0 Å². The fraction of sp³-hybridized carbons (Fsp3) is 1.00. The van der Waals surface area contributed by atoms with E-state index in [1.165, 1.54) is 19.3 Å². The Balaban J connectivity index is 2.04. The van der Waals surface area contributed by atoms with Crippen molar-refractivity contribution in [3.05, 3.63) is 0 Å². The first kappa shape index (κ1) is 10.2. The summed E-state index contributed by atoms with van der Waals surface area (Å²) in [7, 11) is 0. The molecule has 15 heavy (non-hydrogen) atoms. The molecule has 86 valence electrons. The Labute approximate surface area is 94.8 Å². The van der Waals surface area contributed by atoms with Gasteiger partial charge in [-0.2, -0.15) is 0 Å². The Morgan fingerprint density at radius 1 is 1.00 bits per heavy atom. The lowest BCUT2D eigenvalue weighted by Crippen LogP contribution is -2.30. The third-order valence-electron chi connectivity index (χ3n) is 6.77. The minimum Gasteiger partial charge on any atom is -0.0622 e. The standard InChI is InChI=1S/C15H26/c1-10-7-8-15-9-12(10)14(3,4)13(15)6-5-11(15)2/h10-13H,5-9H2,1-4H3/t10?,11-,12-,13-,15-/m1/s1. The Kier molecular flexibility index (Phi) is 1.91. The zero-order valence-electron chi connectivity index (χ0n) is 10.8. The summed E-state index contributed by atoms with van der Waals surface area (Å²) >= 11 is 0. The van der Waals surface area contributed by atoms with Crippen molar-refractivity contribution < 1.29 is 0 Å². The summed E-state index contributed by atoms with van der Waals surface area (Å²) in [6.45, 7) is 10.2. The molecule has 0 amide bonds. The van der Waals surface area contributed by atoms with Crippen molar-refractivity contribution in [1.82, 2.24) is 0 Å². The first-order valence-electron chi connectivity index (χ1n) is 6.98. The van der Waals surface area contributed by atoms with Gasteiger partial charge >= 0.3 is 0 Å². The highest BCUT2D eigenvalue weighted by molar-refractivity contribution is 5.13. The first-order chi connectivity index (χ1) is 6.98. The fourth-order valence-corrected chi connectivity index (χ4v) is 5.88. The molecule has 0 aliphatic heterocycles. The maximum absolute atomic E-state index is 2.57. The van der Waals surface area contributed by atoms with Crippen molar-refractivity contribution in [3.8, 4) is 0 Å². The van der Waals surface area contributed by atoms with Gasteiger partial charge in [-0.25, -0.2) is 0 Å². The summed E-state index contributed by atoms with van der Waals surface area (Å²) in [5.41, 5.74) is 1.42. The van der Waals surface area contributed by atoms with Gasteiger partial charge in [-0.05, 0) is 66.6 Å². The Morgan fingerprint density at radius 2 is 1.73 bits per heavy atom. The molecule has 0 saturated heterocycles. The minimum atomic E-state index is 0.640. The van der Waals surface area contributed by atoms with E-state index in [0.29, 0.717) is 5.41 Å². The van der Waals surface area contributed by atoms with Gasteiger partial charge in [0.2, 0.25) is 0 Å². The Hall–Kier alpha value is 0. The third-order valence-corrected chi connectivity index (χ3v) is 6.77. The van der Waals surface area contributed by atoms with Crippen LogP contribution in [0.4, 0.5) is 0 Å². The summed E-state index contributed by atoms with van der Waals surface area (Å²) < 4.78 is 0. The van der Waals surface area contributed by atoms with Crippen LogP contribution < -0.4 is 0 Å². The van der Waals surface area contributed by atoms with Gasteiger partial charge in [0.25, 0.3) is 0 Å². The van der Waals surface area contributed by atoms with Crippen LogP contribution >= 0.6 is 0 Å². The molecule has 3 aliphatic carbocycles. The van der Waals surface area contributed by atoms with Gasteiger partial charge in [0.05, 0.1) is 0 Å². The monoisotopic (exact) mass is 206 g/mol. The average Bonchev–Trinajstić information content (AvgIpc) is 2.57. The van der Waals surface area contributed by atoms with Crippen LogP contribution in [0.3, 0.4) is 0 Å². The maximum Gasteiger partial charge on any atom is -0.0235 e. The summed E-state index contributed by atoms with van der Waals surface area (Å²) in [5, 5.41) is 0. The van der Waals surface area contributed by atoms with E-state index in [4.69, 9.17) is 0 Å². The molecule has 3 aliphatic rings. The van der Waals surface area contributed by atoms with E-state index in [-0.39, 0.29) is 0 Å². The smallest absolute Gasteiger partial charge is 0.0235 e. The molecule has 1 spiro atoms. The number of fused-ring (bicyclic) bond motifs is 1. The van der Waals surface area contributed by atoms with Gasteiger partial charge in [-0.1, -0.05) is 27.7 Å². The fourth-order valence-electron chi connectivity index (χ4n) is 5.88. The Bertz CT molecular complexity index is 278. The van der Waals surface area contributed by atoms with Crippen LogP contribution in [-0.2, 0) is 0 Å². The summed E-state index contributed by atoms with van der Waals surface area (Å²) in [6.07, 6.45) is 7.65. The predicted molar refractivity (Wildman–Crippen MR) is 64.6 cm³/mol. The molecular weight excluding hydrogens is 180 g/mol. The van der Waals surface area contributed by atoms with Gasteiger partial charge in [0.1, 0.15) is 0 Å². The molecule has 0 radical (unpaired) electrons. The number of hydrogen-bond acceptors (Lipinski definition) is 0. The van der Waals surface area contributed by atoms with E-state index in [1.54, 1.807) is 12.8 Å². The minimum absolute atomic E-state index is 0.640. The molecule has 0 aromatic carbocycles. The highest BCUT2D eigenvalue weighted by atomic mass is 14.7. The van der Waals surface area contributed by atoms with Crippen LogP contribution in [0.15, 0.2) is 0 Å². The molecule has 0 heteroatoms. The lowest BCUT2D eigenvalue weighted by Gasteiger charge is -2.39. The molecule has 3 saturated carbocycles. The van der Waals surface area contributed by atoms with E-state index in [9.17, 15) is 0 Å². The second kappa shape index (κ2) is 2.81. The van der Waals surface area contributed by atoms with E-state index in [1.807, 2.05) is 0 Å². The second-order valence-electron chi connectivity index (χ2n) is 7.41. The molecule has 5 atom stereocenters. The zero-order valence-corrected chi connectivity index (χ0v) is 10.8. The van der Waals surface area contributed by atoms with Crippen molar-refractivity contribution in [3.63, 3.8) is 0 Å². The second-order valence-corrected chi connectivity index (χ2v) is 7.41. The lowest BCUT2D eigenvalue weighted by atomic mass is 9.66. The van der Waals surface area contributed by atoms with Crippen molar-refractivity contribution in [2.24, 2.45) is 34.5 Å². The van der Waals surface area contributed by atoms with Gasteiger partial charge in [0, 0.05) is 0 Å². The van der Waals surface area contributed by atoms with Gasteiger partial charge < -0.3 is 0 Å². The van der Waals surface area contributed by atoms with Crippen LogP contribution in [0.25, 0.3) is 0 Å². The van der Waals surface area contributed by atoms with Crippen molar-refractivity contribution in [2.45, 2.75) is 59.8 Å². The van der Waals surface area contributed by atoms with Gasteiger partial charge in [-0.15, -0.1) is 0 Å². The Morgan fingerprint density at radius 3 is 2.47 bits per heavy atom. The lowest BCUT2D eigenvalue weighted by molar-refractivity contribution is 0.104. The molecule has 2 bridgehead atoms. The van der Waals surface area contributed by atoms with Crippen LogP contribution in [-0.4, -0.2) is 0 Å². The number of rotatable bonds is 0. The van der Waals surface area contributed by atoms with Crippen LogP contribution in [0.2, 0.25) is 0 Å². The summed E-state index contributed by atoms with van der Waals surface area (Å²) in [6, 6.07) is 0. The summed E-state index contributed by atoms with van der Waals surface area (Å²) in [5.74, 6) is 4.08. The highest BCUT2D eigenvalue weighted by Gasteiger charge is 2.64. The molecular formula is C15H26. The molecule has 0 aromatic rings. The summed E-state index contributed by atoms with van der Waals surface area (Å²) in [4.78, 5) is 0. The highest BCUT2D eigenvalue weighted by Crippen LogP contribution is 2.72. The molecule has 0 aromatic heterocycles. The molecule has 3 rings (SSSR count). The maximum atomic E-state index is 2.57. The SMILES string of the molecule is CC1CC[C@]23C[C@H]1C(C)(C)[C@H]2CC[C@H]3C. The first-order valence-corrected chi connectivity index (χ1v) is 6.98. The van der Waals surface area contributed by atoms with E-state index in [2.05, 4.69) is 27.7 Å². The third kappa shape index (κ3) is 1.04. The molecule has 1 unspecified atom stereocenters. The van der Waals surface area contributed by atoms with E-state index < -0.39 is 0 Å². The van der Waals surface area contributed by atoms with Crippen LogP contribution in [0, 0.1) is 34.5 Å². The van der Waals surface area contributed by atoms with Crippen molar-refractivity contribution >= 4 is 0 Å². The molecule has 0 nitrogen and oxygen atoms in total. The normalized spacial score (nSPS) is 56.8. The van der Waals surface area contributed by atoms with E-state index >= 15 is 0 Å². The average molecular weight is 206 g/mol. The van der Waals surface area contributed by atoms with Crippen LogP contribution in [0.5, 0.6) is 0 Å². The quantitative estimate of drug-likeness (QED) is 0.547. The number of hydrogen-bond donors (Lipinski definition) is 0. The molecule has 3 fully saturated rings. The largest absolute Gasteiger partial charge is 0.0622 e. The van der Waals surface area contributed by atoms with Crippen molar-refractivity contribution in [2.75, 3.05) is 0 Å². The molecule has 0 N–H and O–H groups in total. The zero-order chi connectivity index (χ0) is 10.8.